The molecule has 1 unspecified atom stereocenters. The zero-order valence-corrected chi connectivity index (χ0v) is 13.4. The Kier molecular flexibility index (Phi) is 11.8. The Balaban J connectivity index is -0.000000605. The van der Waals surface area contributed by atoms with E-state index in [4.69, 9.17) is 0 Å². The summed E-state index contributed by atoms with van der Waals surface area (Å²) >= 11 is 0. The van der Waals surface area contributed by atoms with Crippen LogP contribution in [0.15, 0.2) is 0 Å². The van der Waals surface area contributed by atoms with Gasteiger partial charge in [0, 0.05) is 5.41 Å². The van der Waals surface area contributed by atoms with E-state index in [1.54, 1.807) is 13.8 Å². The molecule has 0 radical (unpaired) electrons. The molecular weight excluding hydrogens is 206 g/mol. The van der Waals surface area contributed by atoms with Gasteiger partial charge >= 0.3 is 59.1 Å². The largest absolute Gasteiger partial charge is 1.00 e. The number of carbonyl (C=O) groups excluding carboxylic acids is 2. The molecule has 6 heteroatoms. The number of carboxylic acid groups (broad SMARTS) is 2. The van der Waals surface area contributed by atoms with Crippen LogP contribution in [-0.2, 0) is 9.59 Å². The first-order chi connectivity index (χ1) is 5.37. The molecule has 0 bridgehead atoms. The van der Waals surface area contributed by atoms with Crippen LogP contribution in [0.25, 0.3) is 0 Å². The minimum absolute atomic E-state index is 0. The first-order valence-corrected chi connectivity index (χ1v) is 3.80. The summed E-state index contributed by atoms with van der Waals surface area (Å²) in [6.07, 6.45) is 0.457. The van der Waals surface area contributed by atoms with Crippen LogP contribution in [0.1, 0.15) is 27.2 Å². The van der Waals surface area contributed by atoms with Gasteiger partial charge in [-0.1, -0.05) is 20.3 Å². The second-order valence-electron chi connectivity index (χ2n) is 3.09. The summed E-state index contributed by atoms with van der Waals surface area (Å²) in [6, 6.07) is 0. The van der Waals surface area contributed by atoms with Crippen molar-refractivity contribution in [2.75, 3.05) is 0 Å². The molecule has 0 aromatic rings. The maximum atomic E-state index is 10.5. The molecule has 70 valence electrons. The molecule has 0 heterocycles. The number of rotatable bonds is 4. The summed E-state index contributed by atoms with van der Waals surface area (Å²) in [5.41, 5.74) is -1.88. The molecule has 1 atom stereocenters. The standard InChI is InChI=1S/C8H14O4.2Na/c1-4-5(2)8(3,6(9)10)7(11)12;;/h5H,4H2,1-3H3,(H,9,10)(H,11,12);;/q;2*+1/p-2. The summed E-state index contributed by atoms with van der Waals surface area (Å²) in [7, 11) is 0. The van der Waals surface area contributed by atoms with Crippen molar-refractivity contribution >= 4 is 11.9 Å². The van der Waals surface area contributed by atoms with Crippen molar-refractivity contribution in [2.45, 2.75) is 27.2 Å². The average Bonchev–Trinajstić information content (AvgIpc) is 2.00. The van der Waals surface area contributed by atoms with Crippen molar-refractivity contribution in [3.05, 3.63) is 0 Å². The summed E-state index contributed by atoms with van der Waals surface area (Å²) < 4.78 is 0. The van der Waals surface area contributed by atoms with Crippen LogP contribution in [0.5, 0.6) is 0 Å². The minimum atomic E-state index is -1.88. The van der Waals surface area contributed by atoms with E-state index in [1.807, 2.05) is 0 Å². The average molecular weight is 218 g/mol. The van der Waals surface area contributed by atoms with Crippen LogP contribution >= 0.6 is 0 Å². The maximum Gasteiger partial charge on any atom is 1.00 e. The van der Waals surface area contributed by atoms with Crippen LogP contribution < -0.4 is 69.3 Å². The Morgan fingerprint density at radius 2 is 1.50 bits per heavy atom. The number of hydrogen-bond acceptors (Lipinski definition) is 4. The van der Waals surface area contributed by atoms with Crippen molar-refractivity contribution in [3.63, 3.8) is 0 Å². The number of carbonyl (C=O) groups is 2. The predicted octanol–water partition coefficient (Wildman–Crippen LogP) is -7.45. The van der Waals surface area contributed by atoms with E-state index >= 15 is 0 Å². The first-order valence-electron chi connectivity index (χ1n) is 3.80. The van der Waals surface area contributed by atoms with Gasteiger partial charge in [-0.3, -0.25) is 0 Å². The molecular formula is C8H12Na2O4. The van der Waals surface area contributed by atoms with Crippen molar-refractivity contribution in [1.82, 2.24) is 0 Å². The van der Waals surface area contributed by atoms with Crippen LogP contribution in [0.4, 0.5) is 0 Å². The van der Waals surface area contributed by atoms with Crippen LogP contribution in [0, 0.1) is 11.3 Å². The van der Waals surface area contributed by atoms with E-state index < -0.39 is 23.3 Å². The molecule has 14 heavy (non-hydrogen) atoms. The third-order valence-corrected chi connectivity index (χ3v) is 2.45. The van der Waals surface area contributed by atoms with Crippen LogP contribution in [0.3, 0.4) is 0 Å². The third-order valence-electron chi connectivity index (χ3n) is 2.45. The SMILES string of the molecule is CCC(C)C(C)(C(=O)[O-])C(=O)[O-].[Na+].[Na+]. The molecule has 0 spiro atoms. The minimum Gasteiger partial charge on any atom is -0.549 e. The number of hydrogen-bond donors (Lipinski definition) is 0. The summed E-state index contributed by atoms with van der Waals surface area (Å²) in [5.74, 6) is -3.67. The van der Waals surface area contributed by atoms with Gasteiger partial charge in [0.2, 0.25) is 0 Å². The third kappa shape index (κ3) is 4.21. The van der Waals surface area contributed by atoms with Crippen molar-refractivity contribution in [3.8, 4) is 0 Å². The van der Waals surface area contributed by atoms with E-state index in [9.17, 15) is 19.8 Å². The molecule has 0 aromatic carbocycles. The van der Waals surface area contributed by atoms with Gasteiger partial charge in [-0.25, -0.2) is 0 Å². The number of aliphatic carboxylic acids is 2. The Bertz CT molecular complexity index is 192. The van der Waals surface area contributed by atoms with E-state index in [0.717, 1.165) is 6.92 Å². The zero-order chi connectivity index (χ0) is 9.94. The Labute approximate surface area is 128 Å². The second kappa shape index (κ2) is 8.13. The molecule has 0 saturated carbocycles. The maximum absolute atomic E-state index is 10.5. The fourth-order valence-corrected chi connectivity index (χ4v) is 0.894. The zero-order valence-electron chi connectivity index (χ0n) is 9.42. The van der Waals surface area contributed by atoms with E-state index in [1.165, 1.54) is 0 Å². The fourth-order valence-electron chi connectivity index (χ4n) is 0.894. The molecule has 0 amide bonds. The van der Waals surface area contributed by atoms with E-state index in [-0.39, 0.29) is 59.1 Å². The van der Waals surface area contributed by atoms with Gasteiger partial charge in [0.15, 0.2) is 0 Å². The monoisotopic (exact) mass is 218 g/mol. The normalized spacial score (nSPS) is 11.9. The van der Waals surface area contributed by atoms with E-state index in [2.05, 4.69) is 0 Å². The molecule has 0 aromatic heterocycles. The summed E-state index contributed by atoms with van der Waals surface area (Å²) in [6.45, 7) is 4.38. The molecule has 0 fully saturated rings. The van der Waals surface area contributed by atoms with Gasteiger partial charge in [0.1, 0.15) is 0 Å². The Morgan fingerprint density at radius 1 is 1.21 bits per heavy atom. The van der Waals surface area contributed by atoms with Crippen molar-refractivity contribution < 1.29 is 78.9 Å². The quantitative estimate of drug-likeness (QED) is 0.347. The summed E-state index contributed by atoms with van der Waals surface area (Å²) in [4.78, 5) is 21.1. The fraction of sp³-hybridized carbons (Fsp3) is 0.750. The second-order valence-corrected chi connectivity index (χ2v) is 3.09. The van der Waals surface area contributed by atoms with Gasteiger partial charge in [0.25, 0.3) is 0 Å². The Morgan fingerprint density at radius 3 is 1.57 bits per heavy atom. The van der Waals surface area contributed by atoms with Crippen LogP contribution in [-0.4, -0.2) is 11.9 Å². The summed E-state index contributed by atoms with van der Waals surface area (Å²) in [5, 5.41) is 21.1. The molecule has 0 aliphatic heterocycles. The van der Waals surface area contributed by atoms with Gasteiger partial charge in [0.05, 0.1) is 11.9 Å². The molecule has 0 N–H and O–H groups in total. The van der Waals surface area contributed by atoms with Crippen molar-refractivity contribution in [1.29, 1.82) is 0 Å². The van der Waals surface area contributed by atoms with Gasteiger partial charge in [-0.2, -0.15) is 0 Å². The predicted molar refractivity (Wildman–Crippen MR) is 37.6 cm³/mol. The number of carboxylic acids is 2. The van der Waals surface area contributed by atoms with Crippen molar-refractivity contribution in [2.24, 2.45) is 11.3 Å². The van der Waals surface area contributed by atoms with Gasteiger partial charge in [-0.15, -0.1) is 0 Å². The van der Waals surface area contributed by atoms with Gasteiger partial charge in [-0.05, 0) is 12.8 Å². The molecule has 0 rings (SSSR count). The molecule has 0 aliphatic carbocycles. The first kappa shape index (κ1) is 20.4. The smallest absolute Gasteiger partial charge is 0.549 e. The van der Waals surface area contributed by atoms with Gasteiger partial charge < -0.3 is 19.8 Å². The Hall–Kier alpha value is 0.940. The van der Waals surface area contributed by atoms with Crippen LogP contribution in [0.2, 0.25) is 0 Å². The molecule has 4 nitrogen and oxygen atoms in total. The molecule has 0 saturated heterocycles. The topological polar surface area (TPSA) is 80.3 Å². The molecule has 0 aliphatic rings. The van der Waals surface area contributed by atoms with E-state index in [0.29, 0.717) is 6.42 Å².